The minimum Gasteiger partial charge on any atom is -0.457 e. The molecule has 0 saturated heterocycles. The molecule has 0 aliphatic rings. The Labute approximate surface area is 177 Å². The summed E-state index contributed by atoms with van der Waals surface area (Å²) in [6.45, 7) is 0. The number of ether oxygens (including phenoxy) is 1. The number of carbonyl (C=O) groups excluding carboxylic acids is 2. The predicted molar refractivity (Wildman–Crippen MR) is 92.2 cm³/mol. The van der Waals surface area contributed by atoms with Gasteiger partial charge in [0.25, 0.3) is 0 Å². The molecule has 0 bridgehead atoms. The molecular weight excluding hydrogens is 482 g/mol. The smallest absolute Gasteiger partial charge is 0.457 e. The van der Waals surface area contributed by atoms with Gasteiger partial charge in [0.05, 0.1) is 0 Å². The Morgan fingerprint density at radius 2 is 0.818 bits per heavy atom. The van der Waals surface area contributed by atoms with Crippen molar-refractivity contribution in [2.45, 2.75) is 24.2 Å². The molecule has 33 heavy (non-hydrogen) atoms. The van der Waals surface area contributed by atoms with Crippen LogP contribution in [0.2, 0.25) is 0 Å². The second-order valence-corrected chi connectivity index (χ2v) is 6.20. The molecule has 2 N–H and O–H groups in total. The third-order valence-electron chi connectivity index (χ3n) is 3.74. The van der Waals surface area contributed by atoms with Gasteiger partial charge in [0.15, 0.2) is 0 Å². The highest BCUT2D eigenvalue weighted by molar-refractivity contribution is 5.97. The Morgan fingerprint density at radius 3 is 1.06 bits per heavy atom. The van der Waals surface area contributed by atoms with Gasteiger partial charge in [-0.1, -0.05) is 0 Å². The fourth-order valence-electron chi connectivity index (χ4n) is 2.03. The van der Waals surface area contributed by atoms with Crippen LogP contribution in [0.25, 0.3) is 0 Å². The highest BCUT2D eigenvalue weighted by Crippen LogP contribution is 2.37. The van der Waals surface area contributed by atoms with E-state index in [-0.39, 0.29) is 11.5 Å². The van der Waals surface area contributed by atoms with E-state index in [9.17, 15) is 53.5 Å². The average Bonchev–Trinajstić information content (AvgIpc) is 2.69. The molecule has 15 heteroatoms. The minimum absolute atomic E-state index is 0.0176. The number of anilines is 2. The number of hydrogen-bond acceptors (Lipinski definition) is 3. The van der Waals surface area contributed by atoms with Gasteiger partial charge in [0, 0.05) is 11.4 Å². The SMILES string of the molecule is O=C(Nc1ccc(Oc2ccc(NC(=O)C(F)(F)C(F)(F)F)cc2)cc1)C(F)(F)C(F)(F)F. The lowest BCUT2D eigenvalue weighted by atomic mass is 10.2. The summed E-state index contributed by atoms with van der Waals surface area (Å²) in [7, 11) is 0. The van der Waals surface area contributed by atoms with Crippen LogP contribution in [0.1, 0.15) is 0 Å². The molecule has 0 unspecified atom stereocenters. The molecule has 0 aromatic heterocycles. The van der Waals surface area contributed by atoms with Crippen LogP contribution >= 0.6 is 0 Å². The van der Waals surface area contributed by atoms with E-state index in [1.54, 1.807) is 0 Å². The fourth-order valence-corrected chi connectivity index (χ4v) is 2.03. The number of halogens is 10. The van der Waals surface area contributed by atoms with Crippen molar-refractivity contribution in [3.05, 3.63) is 48.5 Å². The normalized spacial score (nSPS) is 12.8. The molecular formula is C18H10F10N2O3. The zero-order valence-electron chi connectivity index (χ0n) is 15.6. The van der Waals surface area contributed by atoms with Crippen LogP contribution in [0.4, 0.5) is 55.3 Å². The lowest BCUT2D eigenvalue weighted by Gasteiger charge is -2.19. The molecule has 0 spiro atoms. The largest absolute Gasteiger partial charge is 0.463 e. The topological polar surface area (TPSA) is 67.4 Å². The number of carbonyl (C=O) groups is 2. The molecule has 2 rings (SSSR count). The first kappa shape index (κ1) is 25.7. The maximum Gasteiger partial charge on any atom is 0.463 e. The average molecular weight is 492 g/mol. The summed E-state index contributed by atoms with van der Waals surface area (Å²) in [6, 6.07) is 8.03. The molecule has 0 heterocycles. The standard InChI is InChI=1S/C18H10F10N2O3/c19-15(20,17(23,24)25)13(31)29-9-1-5-11(6-2-9)33-12-7-3-10(4-8-12)30-14(32)16(21,22)18(26,27)28/h1-8H,(H,29,31)(H,30,32). The number of amides is 2. The first-order valence-corrected chi connectivity index (χ1v) is 8.35. The van der Waals surface area contributed by atoms with Gasteiger partial charge in [-0.05, 0) is 48.5 Å². The van der Waals surface area contributed by atoms with Crippen LogP contribution in [0.15, 0.2) is 48.5 Å². The molecule has 0 radical (unpaired) electrons. The summed E-state index contributed by atoms with van der Waals surface area (Å²) in [6.07, 6.45) is -12.2. The third-order valence-corrected chi connectivity index (χ3v) is 3.74. The summed E-state index contributed by atoms with van der Waals surface area (Å²) in [4.78, 5) is 22.3. The maximum atomic E-state index is 12.9. The van der Waals surface area contributed by atoms with Gasteiger partial charge in [0.2, 0.25) is 0 Å². The van der Waals surface area contributed by atoms with Crippen LogP contribution < -0.4 is 15.4 Å². The van der Waals surface area contributed by atoms with E-state index in [0.717, 1.165) is 48.5 Å². The Morgan fingerprint density at radius 1 is 0.545 bits per heavy atom. The molecule has 180 valence electrons. The quantitative estimate of drug-likeness (QED) is 0.505. The van der Waals surface area contributed by atoms with Gasteiger partial charge in [-0.2, -0.15) is 43.9 Å². The number of rotatable bonds is 6. The lowest BCUT2D eigenvalue weighted by molar-refractivity contribution is -0.267. The Bertz CT molecular complexity index is 919. The zero-order valence-corrected chi connectivity index (χ0v) is 15.6. The maximum absolute atomic E-state index is 12.9. The van der Waals surface area contributed by atoms with Crippen molar-refractivity contribution in [3.63, 3.8) is 0 Å². The van der Waals surface area contributed by atoms with Gasteiger partial charge in [0.1, 0.15) is 11.5 Å². The van der Waals surface area contributed by atoms with Gasteiger partial charge < -0.3 is 15.4 Å². The van der Waals surface area contributed by atoms with Crippen LogP contribution in [0.5, 0.6) is 11.5 Å². The second kappa shape index (κ2) is 8.78. The number of benzene rings is 2. The Kier molecular flexibility index (Phi) is 6.85. The van der Waals surface area contributed by atoms with E-state index in [4.69, 9.17) is 4.74 Å². The van der Waals surface area contributed by atoms with Crippen molar-refractivity contribution < 1.29 is 58.2 Å². The van der Waals surface area contributed by atoms with E-state index < -0.39 is 47.4 Å². The van der Waals surface area contributed by atoms with Gasteiger partial charge in [-0.15, -0.1) is 0 Å². The van der Waals surface area contributed by atoms with Crippen molar-refractivity contribution in [2.24, 2.45) is 0 Å². The number of hydrogen-bond donors (Lipinski definition) is 2. The van der Waals surface area contributed by atoms with Crippen LogP contribution in [-0.4, -0.2) is 36.0 Å². The van der Waals surface area contributed by atoms with Crippen LogP contribution in [-0.2, 0) is 9.59 Å². The highest BCUT2D eigenvalue weighted by atomic mass is 19.4. The van der Waals surface area contributed by atoms with Crippen molar-refractivity contribution in [1.29, 1.82) is 0 Å². The summed E-state index contributed by atoms with van der Waals surface area (Å²) in [5, 5.41) is 2.76. The summed E-state index contributed by atoms with van der Waals surface area (Å²) in [5.41, 5.74) is -0.833. The van der Waals surface area contributed by atoms with Gasteiger partial charge in [-0.25, -0.2) is 0 Å². The molecule has 0 fully saturated rings. The highest BCUT2D eigenvalue weighted by Gasteiger charge is 2.64. The van der Waals surface area contributed by atoms with Crippen LogP contribution in [0, 0.1) is 0 Å². The second-order valence-electron chi connectivity index (χ2n) is 6.20. The first-order chi connectivity index (χ1) is 14.9. The predicted octanol–water partition coefficient (Wildman–Crippen LogP) is 5.75. The van der Waals surface area contributed by atoms with E-state index in [0.29, 0.717) is 0 Å². The lowest BCUT2D eigenvalue weighted by Crippen LogP contribution is -2.47. The number of nitrogens with one attached hydrogen (secondary N) is 2. The van der Waals surface area contributed by atoms with E-state index in [2.05, 4.69) is 0 Å². The van der Waals surface area contributed by atoms with Crippen molar-refractivity contribution in [3.8, 4) is 11.5 Å². The van der Waals surface area contributed by atoms with Gasteiger partial charge >= 0.3 is 36.0 Å². The number of alkyl halides is 10. The Hall–Kier alpha value is -3.52. The molecule has 0 atom stereocenters. The van der Waals surface area contributed by atoms with Crippen molar-refractivity contribution in [1.82, 2.24) is 0 Å². The molecule has 0 saturated carbocycles. The summed E-state index contributed by atoms with van der Waals surface area (Å²) < 4.78 is 130. The Balaban J connectivity index is 2.01. The van der Waals surface area contributed by atoms with E-state index in [1.807, 2.05) is 0 Å². The summed E-state index contributed by atoms with van der Waals surface area (Å²) in [5.74, 6) is -16.5. The summed E-state index contributed by atoms with van der Waals surface area (Å²) >= 11 is 0. The molecule has 5 nitrogen and oxygen atoms in total. The fraction of sp³-hybridized carbons (Fsp3) is 0.222. The molecule has 0 aliphatic heterocycles. The zero-order chi connectivity index (χ0) is 25.2. The third kappa shape index (κ3) is 5.84. The van der Waals surface area contributed by atoms with E-state index in [1.165, 1.54) is 10.6 Å². The van der Waals surface area contributed by atoms with Crippen molar-refractivity contribution >= 4 is 23.2 Å². The van der Waals surface area contributed by atoms with Crippen molar-refractivity contribution in [2.75, 3.05) is 10.6 Å². The first-order valence-electron chi connectivity index (χ1n) is 8.35. The van der Waals surface area contributed by atoms with E-state index >= 15 is 0 Å². The van der Waals surface area contributed by atoms with Crippen LogP contribution in [0.3, 0.4) is 0 Å². The molecule has 2 aromatic carbocycles. The monoisotopic (exact) mass is 492 g/mol. The molecule has 0 aliphatic carbocycles. The minimum atomic E-state index is -6.09. The molecule has 2 amide bonds. The molecule has 2 aromatic rings. The van der Waals surface area contributed by atoms with Gasteiger partial charge in [-0.3, -0.25) is 9.59 Å².